The average molecular weight is 773 g/mol. The first-order valence-electron chi connectivity index (χ1n) is 17.9. The molecule has 0 aliphatic rings. The molecule has 56 heavy (non-hydrogen) atoms. The maximum atomic E-state index is 12.5. The van der Waals surface area contributed by atoms with Gasteiger partial charge < -0.3 is 8.83 Å². The Morgan fingerprint density at radius 2 is 0.696 bits per heavy atom. The van der Waals surface area contributed by atoms with Gasteiger partial charge in [0.25, 0.3) is 0 Å². The lowest BCUT2D eigenvalue weighted by atomic mass is 10.2. The van der Waals surface area contributed by atoms with Crippen molar-refractivity contribution in [1.82, 2.24) is 0 Å². The van der Waals surface area contributed by atoms with Crippen LogP contribution < -0.4 is 32.5 Å². The summed E-state index contributed by atoms with van der Waals surface area (Å²) in [5, 5.41) is 23.6. The molecule has 2 heterocycles. The van der Waals surface area contributed by atoms with Gasteiger partial charge in [0, 0.05) is 10.8 Å². The van der Waals surface area contributed by atoms with Gasteiger partial charge in [0.05, 0.1) is 26.2 Å². The van der Waals surface area contributed by atoms with Gasteiger partial charge >= 0.3 is 11.3 Å². The standard InChI is InChI=1S/C44H34N6O4P2/c51-43-31-39(37-25-13-15-27-41(37)53-43)45-47-49-55(33-17-5-1-6-18-33,34-19-7-2-8-20-34)29-30-56(35-21-9-3-10-22-35,36-23-11-4-12-24-36)50-48-46-40-32-44(52)54-42-28-16-14-26-38(40)42/h1-28,31-32H,29-30H2. The third-order valence-electron chi connectivity index (χ3n) is 9.43. The molecule has 2 aromatic heterocycles. The molecule has 0 aliphatic carbocycles. The van der Waals surface area contributed by atoms with Gasteiger partial charge in [-0.1, -0.05) is 146 Å². The molecule has 0 atom stereocenters. The van der Waals surface area contributed by atoms with E-state index in [4.69, 9.17) is 18.5 Å². The predicted molar refractivity (Wildman–Crippen MR) is 227 cm³/mol. The van der Waals surface area contributed by atoms with Gasteiger partial charge in [0.1, 0.15) is 22.5 Å². The monoisotopic (exact) mass is 772 g/mol. The molecule has 0 aliphatic heterocycles. The van der Waals surface area contributed by atoms with Gasteiger partial charge in [-0.25, -0.2) is 9.59 Å². The molecule has 0 saturated heterocycles. The van der Waals surface area contributed by atoms with Crippen LogP contribution in [0.3, 0.4) is 0 Å². The molecule has 0 bridgehead atoms. The zero-order chi connectivity index (χ0) is 38.2. The van der Waals surface area contributed by atoms with Crippen molar-refractivity contribution in [2.75, 3.05) is 12.3 Å². The Balaban J connectivity index is 1.34. The van der Waals surface area contributed by atoms with Gasteiger partial charge in [0.15, 0.2) is 0 Å². The van der Waals surface area contributed by atoms with Crippen molar-refractivity contribution in [3.05, 3.63) is 203 Å². The molecular weight excluding hydrogens is 738 g/mol. The van der Waals surface area contributed by atoms with E-state index in [9.17, 15) is 9.59 Å². The highest BCUT2D eigenvalue weighted by Crippen LogP contribution is 2.55. The van der Waals surface area contributed by atoms with Crippen molar-refractivity contribution in [3.8, 4) is 0 Å². The number of benzene rings is 6. The summed E-state index contributed by atoms with van der Waals surface area (Å²) in [4.78, 5) is 35.4. The fourth-order valence-electron chi connectivity index (χ4n) is 6.73. The first-order chi connectivity index (χ1) is 27.5. The lowest BCUT2D eigenvalue weighted by Crippen LogP contribution is -2.25. The minimum atomic E-state index is -2.77. The summed E-state index contributed by atoms with van der Waals surface area (Å²) < 4.78 is 10.8. The Kier molecular flexibility index (Phi) is 10.7. The third kappa shape index (κ3) is 7.53. The lowest BCUT2D eigenvalue weighted by Gasteiger charge is -2.29. The smallest absolute Gasteiger partial charge is 0.338 e. The number of nitrogens with zero attached hydrogens (tertiary/aromatic N) is 6. The number of hydrogen-bond acceptors (Lipinski definition) is 6. The van der Waals surface area contributed by atoms with Crippen molar-refractivity contribution in [2.24, 2.45) is 30.4 Å². The van der Waals surface area contributed by atoms with Crippen molar-refractivity contribution in [2.45, 2.75) is 0 Å². The van der Waals surface area contributed by atoms with Crippen molar-refractivity contribution in [1.29, 1.82) is 0 Å². The van der Waals surface area contributed by atoms with E-state index in [-0.39, 0.29) is 0 Å². The summed E-state index contributed by atoms with van der Waals surface area (Å²) in [6, 6.07) is 57.7. The molecule has 0 radical (unpaired) electrons. The highest BCUT2D eigenvalue weighted by atomic mass is 31.2. The Bertz CT molecular complexity index is 2650. The van der Waals surface area contributed by atoms with Crippen LogP contribution in [-0.4, -0.2) is 12.3 Å². The molecule has 10 nitrogen and oxygen atoms in total. The predicted octanol–water partition coefficient (Wildman–Crippen LogP) is 10.3. The fraction of sp³-hybridized carbons (Fsp3) is 0.0455. The van der Waals surface area contributed by atoms with Gasteiger partial charge in [-0.15, -0.1) is 19.9 Å². The minimum absolute atomic E-state index is 0.369. The molecule has 8 aromatic rings. The summed E-state index contributed by atoms with van der Waals surface area (Å²) in [6.45, 7) is 0. The quantitative estimate of drug-likeness (QED) is 0.0560. The minimum Gasteiger partial charge on any atom is -0.423 e. The van der Waals surface area contributed by atoms with Crippen molar-refractivity contribution < 1.29 is 8.83 Å². The molecule has 8 rings (SSSR count). The largest absolute Gasteiger partial charge is 0.423 e. The zero-order valence-electron chi connectivity index (χ0n) is 29.9. The Morgan fingerprint density at radius 3 is 1.04 bits per heavy atom. The molecule has 0 N–H and O–H groups in total. The zero-order valence-corrected chi connectivity index (χ0v) is 31.7. The summed E-state index contributed by atoms with van der Waals surface area (Å²) in [5.74, 6) is 0. The number of para-hydroxylation sites is 2. The normalized spacial score (nSPS) is 12.1. The van der Waals surface area contributed by atoms with E-state index in [1.165, 1.54) is 12.1 Å². The van der Waals surface area contributed by atoms with Gasteiger partial charge in [0.2, 0.25) is 0 Å². The van der Waals surface area contributed by atoms with E-state index in [2.05, 4.69) is 69.2 Å². The van der Waals surface area contributed by atoms with Crippen molar-refractivity contribution >= 4 is 68.6 Å². The second-order valence-electron chi connectivity index (χ2n) is 12.8. The summed E-state index contributed by atoms with van der Waals surface area (Å²) >= 11 is 0. The fourth-order valence-corrected chi connectivity index (χ4v) is 14.3. The van der Waals surface area contributed by atoms with E-state index in [1.807, 2.05) is 97.1 Å². The summed E-state index contributed by atoms with van der Waals surface area (Å²) in [6.07, 6.45) is 1.07. The van der Waals surface area contributed by atoms with Crippen LogP contribution in [0.2, 0.25) is 0 Å². The van der Waals surface area contributed by atoms with E-state index >= 15 is 0 Å². The SMILES string of the molecule is O=c1cc(N=NN=P(CCP(=NN=Nc2cc(=O)oc3ccccc23)(c2ccccc2)c2ccccc2)(c2ccccc2)c2ccccc2)c2ccccc2o1. The van der Waals surface area contributed by atoms with E-state index in [1.54, 1.807) is 24.3 Å². The molecular formula is C44H34N6O4P2. The maximum absolute atomic E-state index is 12.5. The van der Waals surface area contributed by atoms with Crippen LogP contribution in [0.1, 0.15) is 0 Å². The number of fused-ring (bicyclic) bond motifs is 2. The molecule has 0 spiro atoms. The van der Waals surface area contributed by atoms with Crippen LogP contribution in [0.4, 0.5) is 11.4 Å². The van der Waals surface area contributed by atoms with Gasteiger partial charge in [-0.3, -0.25) is 0 Å². The highest BCUT2D eigenvalue weighted by molar-refractivity contribution is 7.84. The topological polar surface area (TPSA) is 135 Å². The van der Waals surface area contributed by atoms with Gasteiger partial charge in [-0.2, -0.15) is 0 Å². The molecule has 0 amide bonds. The van der Waals surface area contributed by atoms with E-state index < -0.39 is 25.4 Å². The Labute approximate surface area is 322 Å². The maximum Gasteiger partial charge on any atom is 0.338 e. The second kappa shape index (κ2) is 16.4. The summed E-state index contributed by atoms with van der Waals surface area (Å²) in [7, 11) is -5.54. The first-order valence-corrected chi connectivity index (χ1v) is 21.7. The average Bonchev–Trinajstić information content (AvgIpc) is 3.25. The highest BCUT2D eigenvalue weighted by Gasteiger charge is 2.32. The second-order valence-corrected chi connectivity index (χ2v) is 19.2. The summed E-state index contributed by atoms with van der Waals surface area (Å²) in [5.41, 5.74) is 0.528. The number of hydrogen-bond donors (Lipinski definition) is 0. The van der Waals surface area contributed by atoms with Crippen LogP contribution >= 0.6 is 14.1 Å². The van der Waals surface area contributed by atoms with Crippen LogP contribution in [0.25, 0.3) is 21.9 Å². The molecule has 0 saturated carbocycles. The molecule has 0 unspecified atom stereocenters. The van der Waals surface area contributed by atoms with Crippen LogP contribution in [-0.2, 0) is 0 Å². The Morgan fingerprint density at radius 1 is 0.393 bits per heavy atom. The van der Waals surface area contributed by atoms with Crippen LogP contribution in [0, 0.1) is 0 Å². The molecule has 0 fully saturated rings. The molecule has 274 valence electrons. The molecule has 12 heteroatoms. The Hall–Kier alpha value is -6.60. The van der Waals surface area contributed by atoms with Crippen LogP contribution in [0.5, 0.6) is 0 Å². The van der Waals surface area contributed by atoms with E-state index in [0.29, 0.717) is 45.6 Å². The third-order valence-corrected chi connectivity index (χ3v) is 16.9. The molecule has 6 aromatic carbocycles. The van der Waals surface area contributed by atoms with Crippen LogP contribution in [0.15, 0.2) is 231 Å². The van der Waals surface area contributed by atoms with E-state index in [0.717, 1.165) is 21.2 Å². The number of rotatable bonds is 11. The first kappa shape index (κ1) is 36.4. The lowest BCUT2D eigenvalue weighted by molar-refractivity contribution is 0.561. The van der Waals surface area contributed by atoms with Crippen molar-refractivity contribution in [3.63, 3.8) is 0 Å². The van der Waals surface area contributed by atoms with Gasteiger partial charge in [-0.05, 0) is 68.3 Å².